The van der Waals surface area contributed by atoms with E-state index in [0.29, 0.717) is 12.4 Å². The van der Waals surface area contributed by atoms with E-state index in [9.17, 15) is 9.90 Å². The van der Waals surface area contributed by atoms with E-state index >= 15 is 0 Å². The van der Waals surface area contributed by atoms with Crippen LogP contribution in [-0.2, 0) is 16.0 Å². The molecule has 1 aliphatic rings. The molecule has 9 heteroatoms. The molecular weight excluding hydrogens is 418 g/mol. The van der Waals surface area contributed by atoms with Gasteiger partial charge in [-0.05, 0) is 29.7 Å². The van der Waals surface area contributed by atoms with Gasteiger partial charge in [-0.3, -0.25) is 0 Å². The maximum absolute atomic E-state index is 12.7. The molecular formula is C22H21N3O5S. The number of thiophene rings is 1. The van der Waals surface area contributed by atoms with Crippen LogP contribution in [0.15, 0.2) is 45.3 Å². The minimum Gasteiger partial charge on any atom is -0.504 e. The van der Waals surface area contributed by atoms with Gasteiger partial charge in [0.15, 0.2) is 22.9 Å². The first kappa shape index (κ1) is 20.8. The third-order valence-electron chi connectivity index (χ3n) is 4.65. The van der Waals surface area contributed by atoms with Gasteiger partial charge in [-0.15, -0.1) is 11.3 Å². The van der Waals surface area contributed by atoms with E-state index in [-0.39, 0.29) is 36.2 Å². The topological polar surface area (TPSA) is 97.4 Å². The fraction of sp³-hybridized carbons (Fsp3) is 0.227. The van der Waals surface area contributed by atoms with Crippen molar-refractivity contribution in [2.45, 2.75) is 6.54 Å². The van der Waals surface area contributed by atoms with E-state index in [2.05, 4.69) is 9.98 Å². The van der Waals surface area contributed by atoms with Crippen molar-refractivity contribution in [1.29, 1.82) is 0 Å². The molecule has 0 unspecified atom stereocenters. The predicted molar refractivity (Wildman–Crippen MR) is 119 cm³/mol. The van der Waals surface area contributed by atoms with Crippen molar-refractivity contribution in [3.63, 3.8) is 0 Å². The van der Waals surface area contributed by atoms with Crippen molar-refractivity contribution in [1.82, 2.24) is 4.98 Å². The second-order valence-corrected chi connectivity index (χ2v) is 7.82. The highest BCUT2D eigenvalue weighted by Crippen LogP contribution is 2.40. The molecule has 0 aromatic carbocycles. The zero-order valence-electron chi connectivity index (χ0n) is 17.1. The average Bonchev–Trinajstić information content (AvgIpc) is 3.49. The Labute approximate surface area is 183 Å². The van der Waals surface area contributed by atoms with Crippen LogP contribution in [-0.4, -0.2) is 49.6 Å². The SMILES string of the molecule is COCCOC(=O)c1c(N(C)Cc2cccs2)oc(C=C2C=Nc3ncccc32)c1O. The van der Waals surface area contributed by atoms with E-state index in [1.54, 1.807) is 41.8 Å². The largest absolute Gasteiger partial charge is 0.504 e. The zero-order chi connectivity index (χ0) is 21.8. The number of anilines is 1. The number of hydrogen-bond donors (Lipinski definition) is 1. The number of aliphatic imine (C=N–C) groups is 1. The summed E-state index contributed by atoms with van der Waals surface area (Å²) in [4.78, 5) is 24.1. The number of fused-ring (bicyclic) bond motifs is 1. The molecule has 1 aliphatic heterocycles. The van der Waals surface area contributed by atoms with Gasteiger partial charge in [-0.2, -0.15) is 0 Å². The molecule has 3 aromatic rings. The van der Waals surface area contributed by atoms with Crippen LogP contribution in [0.5, 0.6) is 5.75 Å². The van der Waals surface area contributed by atoms with Crippen LogP contribution in [0.4, 0.5) is 11.7 Å². The van der Waals surface area contributed by atoms with Crippen LogP contribution < -0.4 is 4.90 Å². The minimum atomic E-state index is -0.682. The van der Waals surface area contributed by atoms with E-state index in [1.165, 1.54) is 7.11 Å². The van der Waals surface area contributed by atoms with Crippen molar-refractivity contribution in [2.24, 2.45) is 4.99 Å². The summed E-state index contributed by atoms with van der Waals surface area (Å²) in [5, 5.41) is 12.8. The summed E-state index contributed by atoms with van der Waals surface area (Å²) in [6.07, 6.45) is 4.95. The summed E-state index contributed by atoms with van der Waals surface area (Å²) in [5.74, 6) is -0.00718. The standard InChI is InChI=1S/C22H21N3O5S/c1-25(13-15-5-4-10-31-15)21-18(22(27)29-9-8-28-2)19(26)17(30-21)11-14-12-24-20-16(14)6-3-7-23-20/h3-7,10-12,26H,8-9,13H2,1-2H3. The predicted octanol–water partition coefficient (Wildman–Crippen LogP) is 4.14. The van der Waals surface area contributed by atoms with Crippen molar-refractivity contribution in [3.05, 3.63) is 57.6 Å². The van der Waals surface area contributed by atoms with Crippen molar-refractivity contribution >= 4 is 46.9 Å². The Hall–Kier alpha value is -3.43. The first-order chi connectivity index (χ1) is 15.1. The van der Waals surface area contributed by atoms with Gasteiger partial charge in [0.2, 0.25) is 5.88 Å². The first-order valence-corrected chi connectivity index (χ1v) is 10.4. The molecule has 0 saturated carbocycles. The Morgan fingerprint density at radius 2 is 2.19 bits per heavy atom. The molecule has 0 amide bonds. The number of rotatable bonds is 8. The van der Waals surface area contributed by atoms with Crippen LogP contribution in [0.25, 0.3) is 11.6 Å². The number of ether oxygens (including phenoxy) is 2. The second kappa shape index (κ2) is 9.15. The zero-order valence-corrected chi connectivity index (χ0v) is 17.9. The lowest BCUT2D eigenvalue weighted by Gasteiger charge is -2.16. The summed E-state index contributed by atoms with van der Waals surface area (Å²) in [5.41, 5.74) is 1.51. The summed E-state index contributed by atoms with van der Waals surface area (Å²) < 4.78 is 16.1. The maximum atomic E-state index is 12.7. The lowest BCUT2D eigenvalue weighted by molar-refractivity contribution is 0.0385. The number of methoxy groups -OCH3 is 1. The third kappa shape index (κ3) is 4.37. The molecule has 8 nitrogen and oxygen atoms in total. The molecule has 4 rings (SSSR count). The number of nitrogens with zero attached hydrogens (tertiary/aromatic N) is 3. The Morgan fingerprint density at radius 1 is 1.32 bits per heavy atom. The number of carbonyl (C=O) groups is 1. The number of esters is 1. The molecule has 3 aromatic heterocycles. The number of hydrogen-bond acceptors (Lipinski definition) is 9. The monoisotopic (exact) mass is 439 g/mol. The van der Waals surface area contributed by atoms with E-state index in [0.717, 1.165) is 16.0 Å². The number of carbonyl (C=O) groups excluding carboxylic acids is 1. The summed E-state index contributed by atoms with van der Waals surface area (Å²) in [6, 6.07) is 7.63. The Morgan fingerprint density at radius 3 is 2.97 bits per heavy atom. The van der Waals surface area contributed by atoms with Gasteiger partial charge in [0.1, 0.15) is 6.61 Å². The minimum absolute atomic E-state index is 0.0247. The van der Waals surface area contributed by atoms with E-state index < -0.39 is 5.97 Å². The molecule has 4 heterocycles. The molecule has 0 saturated heterocycles. The Kier molecular flexibility index (Phi) is 6.15. The highest BCUT2D eigenvalue weighted by atomic mass is 32.1. The normalized spacial score (nSPS) is 13.5. The Bertz CT molecular complexity index is 1130. The van der Waals surface area contributed by atoms with Gasteiger partial charge in [0.25, 0.3) is 0 Å². The van der Waals surface area contributed by atoms with Crippen molar-refractivity contribution in [3.8, 4) is 5.75 Å². The van der Waals surface area contributed by atoms with Crippen molar-refractivity contribution in [2.75, 3.05) is 32.3 Å². The fourth-order valence-corrected chi connectivity index (χ4v) is 3.92. The smallest absolute Gasteiger partial charge is 0.347 e. The lowest BCUT2D eigenvalue weighted by atomic mass is 10.1. The summed E-state index contributed by atoms with van der Waals surface area (Å²) in [6.45, 7) is 0.825. The molecule has 31 heavy (non-hydrogen) atoms. The van der Waals surface area contributed by atoms with Gasteiger partial charge >= 0.3 is 5.97 Å². The van der Waals surface area contributed by atoms with Crippen LogP contribution in [0.2, 0.25) is 0 Å². The molecule has 0 fully saturated rings. The molecule has 0 atom stereocenters. The number of allylic oxidation sites excluding steroid dienone is 1. The highest BCUT2D eigenvalue weighted by Gasteiger charge is 2.29. The van der Waals surface area contributed by atoms with E-state index in [4.69, 9.17) is 13.9 Å². The van der Waals surface area contributed by atoms with Gasteiger partial charge in [-0.1, -0.05) is 6.07 Å². The number of aromatic nitrogens is 1. The summed E-state index contributed by atoms with van der Waals surface area (Å²) in [7, 11) is 3.31. The number of furan rings is 1. The van der Waals surface area contributed by atoms with Crippen LogP contribution in [0, 0.1) is 0 Å². The molecule has 160 valence electrons. The molecule has 0 spiro atoms. The van der Waals surface area contributed by atoms with Crippen LogP contribution >= 0.6 is 11.3 Å². The van der Waals surface area contributed by atoms with Crippen LogP contribution in [0.3, 0.4) is 0 Å². The van der Waals surface area contributed by atoms with Crippen molar-refractivity contribution < 1.29 is 23.8 Å². The first-order valence-electron chi connectivity index (χ1n) is 9.55. The number of pyridine rings is 1. The second-order valence-electron chi connectivity index (χ2n) is 6.79. The van der Waals surface area contributed by atoms with E-state index in [1.807, 2.05) is 29.6 Å². The molecule has 0 radical (unpaired) electrons. The van der Waals surface area contributed by atoms with Crippen LogP contribution in [0.1, 0.15) is 26.6 Å². The fourth-order valence-electron chi connectivity index (χ4n) is 3.16. The quantitative estimate of drug-likeness (QED) is 0.416. The third-order valence-corrected chi connectivity index (χ3v) is 5.51. The Balaban J connectivity index is 1.70. The number of aromatic hydroxyl groups is 1. The summed E-state index contributed by atoms with van der Waals surface area (Å²) >= 11 is 1.59. The molecule has 1 N–H and O–H groups in total. The van der Waals surface area contributed by atoms with Gasteiger partial charge < -0.3 is 23.9 Å². The van der Waals surface area contributed by atoms with Gasteiger partial charge in [0, 0.05) is 42.6 Å². The lowest BCUT2D eigenvalue weighted by Crippen LogP contribution is -2.19. The molecule has 0 aliphatic carbocycles. The maximum Gasteiger partial charge on any atom is 0.347 e. The van der Waals surface area contributed by atoms with Gasteiger partial charge in [-0.25, -0.2) is 14.8 Å². The molecule has 0 bridgehead atoms. The highest BCUT2D eigenvalue weighted by molar-refractivity contribution is 7.09. The average molecular weight is 439 g/mol. The van der Waals surface area contributed by atoms with Gasteiger partial charge in [0.05, 0.1) is 13.2 Å².